The van der Waals surface area contributed by atoms with Gasteiger partial charge in [0.15, 0.2) is 0 Å². The second-order valence-electron chi connectivity index (χ2n) is 19.4. The zero-order valence-electron chi connectivity index (χ0n) is 48.0. The Morgan fingerprint density at radius 2 is 0.731 bits per heavy atom. The van der Waals surface area contributed by atoms with Gasteiger partial charge in [-0.05, 0) is 80.9 Å². The number of aliphatic carboxylic acids is 1. The van der Waals surface area contributed by atoms with Crippen LogP contribution in [0.2, 0.25) is 0 Å². The number of ketones is 2. The van der Waals surface area contributed by atoms with Crippen LogP contribution in [-0.4, -0.2) is 105 Å². The van der Waals surface area contributed by atoms with Gasteiger partial charge < -0.3 is 29.4 Å². The summed E-state index contributed by atoms with van der Waals surface area (Å²) in [6.07, 6.45) is 25.3. The van der Waals surface area contributed by atoms with Crippen LogP contribution in [0.1, 0.15) is 204 Å². The molecular weight excluding hydrogens is 1070 g/mol. The van der Waals surface area contributed by atoms with E-state index >= 15 is 0 Å². The van der Waals surface area contributed by atoms with Crippen LogP contribution < -0.4 is 5.32 Å². The average molecular weight is 1170 g/mol. The quantitative estimate of drug-likeness (QED) is 0.0322. The van der Waals surface area contributed by atoms with Crippen LogP contribution in [0.5, 0.6) is 0 Å². The molecule has 14 heteroatoms. The standard InChI is InChI=1S/C38H50ClNO4.C18H35ClO3.C7H14O2.CH2Cl2/c39-26-14-1-2-16-28-43-30-31-44-29-17-25-36(41)24-13-6-15-27-40-37(42)32-38(33-18-7-3-8-19-33,34-20-9-4-10-21-34)35-22-11-5-12-23-35;1-2-3-4-7-11-18(20)12-10-15-22-17-16-21-14-9-6-5-8-13-19;1-2-3-4-5-6-7(8)9;2-1-3/h3-5,7-12,18-23H,1-2,6,13-17,24-32H2,(H,40,42);2-17H2,1H3;2-6H2,1H3,(H,8,9);1H2. The molecule has 3 aromatic carbocycles. The molecule has 0 atom stereocenters. The lowest BCUT2D eigenvalue weighted by Crippen LogP contribution is -2.37. The minimum atomic E-state index is -0.675. The van der Waals surface area contributed by atoms with E-state index in [1.165, 1.54) is 38.5 Å². The van der Waals surface area contributed by atoms with Crippen LogP contribution in [0.3, 0.4) is 0 Å². The number of carbonyl (C=O) groups is 4. The van der Waals surface area contributed by atoms with Crippen LogP contribution in [0.15, 0.2) is 91.0 Å². The normalized spacial score (nSPS) is 10.8. The van der Waals surface area contributed by atoms with Crippen molar-refractivity contribution in [2.24, 2.45) is 0 Å². The number of carbonyl (C=O) groups excluding carboxylic acids is 3. The molecule has 0 unspecified atom stereocenters. The highest BCUT2D eigenvalue weighted by Gasteiger charge is 2.38. The number of Topliss-reactive ketones (excluding diaryl/α,β-unsaturated/α-hetero) is 2. The topological polar surface area (TPSA) is 137 Å². The second-order valence-corrected chi connectivity index (χ2v) is 21.0. The SMILES string of the molecule is CCCCCCC(=O)CCCOCCOCCCCCCCl.CCCCCCC(=O)O.ClCCl.O=C(CCCCCNC(=O)CC(c1ccccc1)(c1ccccc1)c1ccccc1)CCCOCCOCCCCCCCl. The Morgan fingerprint density at radius 1 is 0.410 bits per heavy atom. The van der Waals surface area contributed by atoms with Gasteiger partial charge in [0.05, 0.1) is 37.2 Å². The molecule has 10 nitrogen and oxygen atoms in total. The summed E-state index contributed by atoms with van der Waals surface area (Å²) in [5, 5.41) is 11.6. The molecule has 0 aromatic heterocycles. The summed E-state index contributed by atoms with van der Waals surface area (Å²) in [4.78, 5) is 47.3. The molecular formula is C64H101Cl4NO9. The second kappa shape index (κ2) is 57.2. The van der Waals surface area contributed by atoms with E-state index in [4.69, 9.17) is 70.5 Å². The molecule has 3 aromatic rings. The van der Waals surface area contributed by atoms with E-state index in [9.17, 15) is 19.2 Å². The maximum atomic E-state index is 13.4. The van der Waals surface area contributed by atoms with Crippen LogP contribution in [0.4, 0.5) is 0 Å². The molecule has 2 N–H and O–H groups in total. The third kappa shape index (κ3) is 43.7. The lowest BCUT2D eigenvalue weighted by Gasteiger charge is -2.35. The van der Waals surface area contributed by atoms with E-state index < -0.39 is 11.4 Å². The van der Waals surface area contributed by atoms with Gasteiger partial charge in [0.2, 0.25) is 5.91 Å². The molecule has 78 heavy (non-hydrogen) atoms. The first-order valence-electron chi connectivity index (χ1n) is 29.4. The van der Waals surface area contributed by atoms with Crippen LogP contribution >= 0.6 is 46.4 Å². The van der Waals surface area contributed by atoms with Gasteiger partial charge in [-0.3, -0.25) is 19.2 Å². The van der Waals surface area contributed by atoms with Gasteiger partial charge in [0.1, 0.15) is 11.6 Å². The number of rotatable bonds is 47. The first-order valence-corrected chi connectivity index (χ1v) is 31.5. The molecule has 0 spiro atoms. The van der Waals surface area contributed by atoms with Crippen molar-refractivity contribution in [1.29, 1.82) is 0 Å². The fourth-order valence-corrected chi connectivity index (χ4v) is 8.90. The van der Waals surface area contributed by atoms with E-state index in [2.05, 4.69) is 55.6 Å². The smallest absolute Gasteiger partial charge is 0.303 e. The highest BCUT2D eigenvalue weighted by molar-refractivity contribution is 6.40. The molecule has 444 valence electrons. The monoisotopic (exact) mass is 1170 g/mol. The first kappa shape index (κ1) is 74.9. The number of carboxylic acids is 1. The van der Waals surface area contributed by atoms with Crippen molar-refractivity contribution < 1.29 is 43.2 Å². The number of hydrogen-bond donors (Lipinski definition) is 2. The molecule has 0 radical (unpaired) electrons. The largest absolute Gasteiger partial charge is 0.481 e. The Morgan fingerprint density at radius 3 is 1.09 bits per heavy atom. The lowest BCUT2D eigenvalue weighted by molar-refractivity contribution is -0.137. The maximum absolute atomic E-state index is 13.4. The number of benzene rings is 3. The third-order valence-corrected chi connectivity index (χ3v) is 13.3. The summed E-state index contributed by atoms with van der Waals surface area (Å²) in [5.41, 5.74) is 2.68. The number of ether oxygens (including phenoxy) is 4. The Kier molecular flexibility index (Phi) is 54.9. The van der Waals surface area contributed by atoms with Crippen LogP contribution in [-0.2, 0) is 43.5 Å². The summed E-state index contributed by atoms with van der Waals surface area (Å²) in [5.74, 6) is 1.50. The van der Waals surface area contributed by atoms with Crippen molar-refractivity contribution in [2.75, 3.05) is 76.5 Å². The molecule has 0 saturated carbocycles. The number of carboxylic acid groups (broad SMARTS) is 1. The Hall–Kier alpha value is -3.06. The van der Waals surface area contributed by atoms with Crippen molar-refractivity contribution in [3.8, 4) is 0 Å². The molecule has 1 amide bonds. The van der Waals surface area contributed by atoms with Gasteiger partial charge >= 0.3 is 5.97 Å². The number of hydrogen-bond acceptors (Lipinski definition) is 8. The Bertz CT molecular complexity index is 1700. The number of unbranched alkanes of at least 4 members (excludes halogenated alkanes) is 14. The summed E-state index contributed by atoms with van der Waals surface area (Å²) < 4.78 is 22.1. The molecule has 0 saturated heterocycles. The van der Waals surface area contributed by atoms with Gasteiger partial charge in [-0.15, -0.1) is 46.4 Å². The van der Waals surface area contributed by atoms with Gasteiger partial charge in [-0.1, -0.05) is 175 Å². The van der Waals surface area contributed by atoms with Crippen LogP contribution in [0.25, 0.3) is 0 Å². The summed E-state index contributed by atoms with van der Waals surface area (Å²) in [6.45, 7) is 10.2. The van der Waals surface area contributed by atoms with Crippen LogP contribution in [0, 0.1) is 0 Å². The predicted molar refractivity (Wildman–Crippen MR) is 327 cm³/mol. The van der Waals surface area contributed by atoms with E-state index in [1.54, 1.807) is 0 Å². The third-order valence-electron chi connectivity index (χ3n) is 12.8. The average Bonchev–Trinajstić information content (AvgIpc) is 3.52. The minimum absolute atomic E-state index is 0.0188. The summed E-state index contributed by atoms with van der Waals surface area (Å²) >= 11 is 20.8. The zero-order chi connectivity index (χ0) is 57.3. The van der Waals surface area contributed by atoms with E-state index in [0.29, 0.717) is 84.1 Å². The Labute approximate surface area is 492 Å². The fraction of sp³-hybridized carbons (Fsp3) is 0.656. The number of nitrogens with one attached hydrogen (secondary N) is 1. The fourth-order valence-electron chi connectivity index (χ4n) is 8.52. The number of alkyl halides is 4. The van der Waals surface area contributed by atoms with Crippen molar-refractivity contribution >= 4 is 69.8 Å². The van der Waals surface area contributed by atoms with E-state index in [0.717, 1.165) is 144 Å². The Balaban J connectivity index is 0.00000144. The molecule has 0 aliphatic carbocycles. The molecule has 0 aliphatic heterocycles. The van der Waals surface area contributed by atoms with Crippen molar-refractivity contribution in [2.45, 2.75) is 193 Å². The van der Waals surface area contributed by atoms with Crippen molar-refractivity contribution in [3.05, 3.63) is 108 Å². The van der Waals surface area contributed by atoms with E-state index in [-0.39, 0.29) is 17.0 Å². The van der Waals surface area contributed by atoms with Crippen molar-refractivity contribution in [3.63, 3.8) is 0 Å². The van der Waals surface area contributed by atoms with Gasteiger partial charge in [0, 0.05) is 83.3 Å². The molecule has 0 bridgehead atoms. The van der Waals surface area contributed by atoms with Gasteiger partial charge in [-0.25, -0.2) is 0 Å². The zero-order valence-corrected chi connectivity index (χ0v) is 51.0. The van der Waals surface area contributed by atoms with Gasteiger partial charge in [0.25, 0.3) is 0 Å². The molecule has 0 aliphatic rings. The predicted octanol–water partition coefficient (Wildman–Crippen LogP) is 16.9. The number of halogens is 4. The molecule has 3 rings (SSSR count). The molecule has 0 heterocycles. The van der Waals surface area contributed by atoms with Crippen molar-refractivity contribution in [1.82, 2.24) is 5.32 Å². The summed E-state index contributed by atoms with van der Waals surface area (Å²) in [7, 11) is 0. The van der Waals surface area contributed by atoms with E-state index in [1.807, 2.05) is 54.6 Å². The first-order chi connectivity index (χ1) is 38.2. The van der Waals surface area contributed by atoms with Gasteiger partial charge in [-0.2, -0.15) is 0 Å². The minimum Gasteiger partial charge on any atom is -0.481 e. The maximum Gasteiger partial charge on any atom is 0.303 e. The highest BCUT2D eigenvalue weighted by Crippen LogP contribution is 2.42. The highest BCUT2D eigenvalue weighted by atomic mass is 35.5. The summed E-state index contributed by atoms with van der Waals surface area (Å²) in [6, 6.07) is 30.9. The molecule has 0 fully saturated rings. The lowest BCUT2D eigenvalue weighted by atomic mass is 9.67. The number of amides is 1.